The van der Waals surface area contributed by atoms with E-state index in [1.807, 2.05) is 28.8 Å². The number of nitrogens with one attached hydrogen (secondary N) is 1. The minimum Gasteiger partial charge on any atom is -0.382 e. The molecule has 1 amide bonds. The number of fused-ring (bicyclic) bond motifs is 2. The van der Waals surface area contributed by atoms with Crippen LogP contribution < -0.4 is 16.8 Å². The number of nitriles is 1. The van der Waals surface area contributed by atoms with Gasteiger partial charge in [0.2, 0.25) is 5.91 Å². The topological polar surface area (TPSA) is 135 Å². The van der Waals surface area contributed by atoms with Crippen LogP contribution in [-0.2, 0) is 11.2 Å². The fourth-order valence-electron chi connectivity index (χ4n) is 4.93. The van der Waals surface area contributed by atoms with Gasteiger partial charge in [-0.15, -0.1) is 0 Å². The minimum absolute atomic E-state index is 0.0471. The Kier molecular flexibility index (Phi) is 4.31. The van der Waals surface area contributed by atoms with Gasteiger partial charge < -0.3 is 16.8 Å². The fourth-order valence-corrected chi connectivity index (χ4v) is 4.93. The Morgan fingerprint density at radius 3 is 2.80 bits per heavy atom. The zero-order valence-electron chi connectivity index (χ0n) is 16.5. The molecule has 5 rings (SSSR count). The van der Waals surface area contributed by atoms with E-state index in [0.717, 1.165) is 60.4 Å². The van der Waals surface area contributed by atoms with Crippen molar-refractivity contribution in [1.29, 1.82) is 5.26 Å². The molecule has 1 fully saturated rings. The van der Waals surface area contributed by atoms with E-state index < -0.39 is 0 Å². The highest BCUT2D eigenvalue weighted by atomic mass is 16.1. The summed E-state index contributed by atoms with van der Waals surface area (Å²) in [6.45, 7) is 0. The van der Waals surface area contributed by atoms with E-state index in [2.05, 4.69) is 16.4 Å². The summed E-state index contributed by atoms with van der Waals surface area (Å²) in [4.78, 5) is 20.9. The summed E-state index contributed by atoms with van der Waals surface area (Å²) in [6.07, 6.45) is 7.63. The van der Waals surface area contributed by atoms with E-state index in [-0.39, 0.29) is 23.8 Å². The van der Waals surface area contributed by atoms with Gasteiger partial charge in [-0.1, -0.05) is 12.1 Å². The number of carbonyl (C=O) groups is 1. The number of para-hydroxylation sites is 1. The largest absolute Gasteiger partial charge is 0.382 e. The van der Waals surface area contributed by atoms with E-state index >= 15 is 0 Å². The number of nitrogen functional groups attached to an aromatic ring is 1. The summed E-state index contributed by atoms with van der Waals surface area (Å²) in [6, 6.07) is 7.94. The van der Waals surface area contributed by atoms with E-state index in [1.165, 1.54) is 0 Å². The van der Waals surface area contributed by atoms with Crippen LogP contribution in [0.1, 0.15) is 60.3 Å². The number of benzene rings is 1. The number of primary amides is 1. The van der Waals surface area contributed by atoms with E-state index in [4.69, 9.17) is 16.5 Å². The maximum absolute atomic E-state index is 11.5. The molecule has 3 heterocycles. The number of hydrogen-bond donors (Lipinski definition) is 3. The summed E-state index contributed by atoms with van der Waals surface area (Å²) in [5, 5.41) is 12.9. The number of nitrogens with zero attached hydrogens (tertiary/aromatic N) is 4. The lowest BCUT2D eigenvalue weighted by Gasteiger charge is -2.25. The van der Waals surface area contributed by atoms with E-state index in [1.54, 1.807) is 6.20 Å². The Hall–Kier alpha value is -3.60. The van der Waals surface area contributed by atoms with Crippen molar-refractivity contribution in [3.8, 4) is 6.07 Å². The van der Waals surface area contributed by atoms with Crippen molar-refractivity contribution in [2.24, 2.45) is 11.7 Å². The monoisotopic (exact) mass is 401 g/mol. The third-order valence-corrected chi connectivity index (χ3v) is 6.48. The van der Waals surface area contributed by atoms with Gasteiger partial charge in [-0.2, -0.15) is 5.26 Å². The minimum atomic E-state index is -0.211. The van der Waals surface area contributed by atoms with Crippen LogP contribution in [-0.4, -0.2) is 20.3 Å². The first kappa shape index (κ1) is 18.4. The SMILES string of the molecule is N#Cc1cccc2c1NC(c1nc(C3CCC(C(N)=O)CC3)n3ccnc(N)c13)C2. The standard InChI is InChI=1S/C22H23N7O/c23-11-15-3-1-2-14-10-16(27-17(14)15)18-19-20(24)26-8-9-29(19)22(28-18)13-6-4-12(5-7-13)21(25)30/h1-3,8-9,12-13,16,27H,4-7,10H2,(H2,24,26)(H2,25,30). The Morgan fingerprint density at radius 2 is 2.07 bits per heavy atom. The summed E-state index contributed by atoms with van der Waals surface area (Å²) < 4.78 is 2.04. The van der Waals surface area contributed by atoms with Crippen molar-refractivity contribution in [2.75, 3.05) is 11.1 Å². The number of nitrogens with two attached hydrogens (primary N) is 2. The molecule has 2 aromatic heterocycles. The molecule has 1 aromatic carbocycles. The molecule has 30 heavy (non-hydrogen) atoms. The molecule has 0 radical (unpaired) electrons. The number of rotatable bonds is 3. The van der Waals surface area contributed by atoms with Crippen LogP contribution in [0.3, 0.4) is 0 Å². The smallest absolute Gasteiger partial charge is 0.220 e. The van der Waals surface area contributed by atoms with Gasteiger partial charge in [-0.3, -0.25) is 9.20 Å². The van der Waals surface area contributed by atoms with Gasteiger partial charge in [0.05, 0.1) is 23.0 Å². The summed E-state index contributed by atoms with van der Waals surface area (Å²) in [7, 11) is 0. The second kappa shape index (κ2) is 7.02. The molecule has 1 unspecified atom stereocenters. The number of anilines is 2. The lowest BCUT2D eigenvalue weighted by atomic mass is 9.81. The van der Waals surface area contributed by atoms with Crippen LogP contribution >= 0.6 is 0 Å². The third-order valence-electron chi connectivity index (χ3n) is 6.48. The number of carbonyl (C=O) groups excluding carboxylic acids is 1. The molecule has 0 spiro atoms. The quantitative estimate of drug-likeness (QED) is 0.617. The fraction of sp³-hybridized carbons (Fsp3) is 0.364. The summed E-state index contributed by atoms with van der Waals surface area (Å²) in [5.41, 5.74) is 16.1. The van der Waals surface area contributed by atoms with Crippen molar-refractivity contribution < 1.29 is 4.79 Å². The first-order chi connectivity index (χ1) is 14.6. The molecule has 8 heteroatoms. The normalized spacial score (nSPS) is 23.0. The number of amides is 1. The molecule has 8 nitrogen and oxygen atoms in total. The molecule has 0 bridgehead atoms. The van der Waals surface area contributed by atoms with Crippen molar-refractivity contribution in [3.05, 3.63) is 53.2 Å². The number of aromatic nitrogens is 3. The maximum Gasteiger partial charge on any atom is 0.220 e. The third kappa shape index (κ3) is 2.86. The van der Waals surface area contributed by atoms with Crippen molar-refractivity contribution in [3.63, 3.8) is 0 Å². The molecular formula is C22H23N7O. The van der Waals surface area contributed by atoms with Crippen LogP contribution in [0.25, 0.3) is 5.52 Å². The van der Waals surface area contributed by atoms with Gasteiger partial charge in [0.15, 0.2) is 0 Å². The van der Waals surface area contributed by atoms with Gasteiger partial charge >= 0.3 is 0 Å². The van der Waals surface area contributed by atoms with Gasteiger partial charge in [0.25, 0.3) is 0 Å². The molecule has 1 aliphatic heterocycles. The second-order valence-electron chi connectivity index (χ2n) is 8.19. The lowest BCUT2D eigenvalue weighted by molar-refractivity contribution is -0.122. The van der Waals surface area contributed by atoms with Gasteiger partial charge in [-0.25, -0.2) is 9.97 Å². The maximum atomic E-state index is 11.5. The Morgan fingerprint density at radius 1 is 1.27 bits per heavy atom. The molecule has 3 aromatic rings. The average molecular weight is 401 g/mol. The highest BCUT2D eigenvalue weighted by Crippen LogP contribution is 2.41. The zero-order valence-corrected chi connectivity index (χ0v) is 16.5. The summed E-state index contributed by atoms with van der Waals surface area (Å²) in [5.74, 6) is 1.37. The Balaban J connectivity index is 1.53. The molecule has 152 valence electrons. The first-order valence-corrected chi connectivity index (χ1v) is 10.3. The molecule has 1 saturated carbocycles. The Labute approximate surface area is 173 Å². The lowest BCUT2D eigenvalue weighted by Crippen LogP contribution is -2.27. The van der Waals surface area contributed by atoms with Crippen molar-refractivity contribution >= 4 is 22.9 Å². The predicted molar refractivity (Wildman–Crippen MR) is 113 cm³/mol. The molecular weight excluding hydrogens is 378 g/mol. The predicted octanol–water partition coefficient (Wildman–Crippen LogP) is 2.65. The van der Waals surface area contributed by atoms with Crippen LogP contribution in [0.15, 0.2) is 30.6 Å². The summed E-state index contributed by atoms with van der Waals surface area (Å²) >= 11 is 0. The molecule has 1 aliphatic carbocycles. The molecule has 1 atom stereocenters. The van der Waals surface area contributed by atoms with Crippen molar-refractivity contribution in [2.45, 2.75) is 44.1 Å². The number of hydrogen-bond acceptors (Lipinski definition) is 6. The van der Waals surface area contributed by atoms with Crippen LogP contribution in [0.5, 0.6) is 0 Å². The highest BCUT2D eigenvalue weighted by Gasteiger charge is 2.33. The average Bonchev–Trinajstić information content (AvgIpc) is 3.36. The molecule has 5 N–H and O–H groups in total. The van der Waals surface area contributed by atoms with E-state index in [0.29, 0.717) is 11.4 Å². The number of imidazole rings is 1. The zero-order chi connectivity index (χ0) is 20.8. The van der Waals surface area contributed by atoms with Gasteiger partial charge in [0.1, 0.15) is 23.2 Å². The second-order valence-corrected chi connectivity index (χ2v) is 8.19. The van der Waals surface area contributed by atoms with Gasteiger partial charge in [-0.05, 0) is 37.3 Å². The molecule has 2 aliphatic rings. The van der Waals surface area contributed by atoms with Crippen molar-refractivity contribution in [1.82, 2.24) is 14.4 Å². The van der Waals surface area contributed by atoms with Crippen LogP contribution in [0, 0.1) is 17.2 Å². The Bertz CT molecular complexity index is 1180. The molecule has 0 saturated heterocycles. The first-order valence-electron chi connectivity index (χ1n) is 10.3. The highest BCUT2D eigenvalue weighted by molar-refractivity contribution is 5.77. The van der Waals surface area contributed by atoms with E-state index in [9.17, 15) is 10.1 Å². The van der Waals surface area contributed by atoms with Crippen LogP contribution in [0.4, 0.5) is 11.5 Å². The van der Waals surface area contributed by atoms with Crippen LogP contribution in [0.2, 0.25) is 0 Å². The van der Waals surface area contributed by atoms with Gasteiger partial charge in [0, 0.05) is 30.7 Å².